The zero-order valence-electron chi connectivity index (χ0n) is 9.10. The summed E-state index contributed by atoms with van der Waals surface area (Å²) in [5.74, 6) is 0. The van der Waals surface area contributed by atoms with Crippen molar-refractivity contribution in [3.63, 3.8) is 0 Å². The third-order valence-corrected chi connectivity index (χ3v) is 0. The molecule has 0 rings (SSSR count). The average Bonchev–Trinajstić information content (AvgIpc) is 1.88. The van der Waals surface area contributed by atoms with Gasteiger partial charge in [-0.25, -0.2) is 0 Å². The van der Waals surface area contributed by atoms with E-state index in [4.69, 9.17) is 29.4 Å². The molecule has 7 nitrogen and oxygen atoms in total. The first-order chi connectivity index (χ1) is 6.00. The van der Waals surface area contributed by atoms with Crippen molar-refractivity contribution in [3.8, 4) is 0 Å². The van der Waals surface area contributed by atoms with Crippen molar-refractivity contribution >= 4 is 42.6 Å². The van der Waals surface area contributed by atoms with Crippen LogP contribution in [0.3, 0.4) is 0 Å². The molecule has 0 heterocycles. The normalized spacial score (nSPS) is 8.67. The first kappa shape index (κ1) is 30.0. The molecule has 0 aliphatic heterocycles. The van der Waals surface area contributed by atoms with Crippen LogP contribution in [0, 0.1) is 0 Å². The fourth-order valence-corrected chi connectivity index (χ4v) is 0. The Hall–Kier alpha value is 1.62. The maximum absolute atomic E-state index is 7.69. The van der Waals surface area contributed by atoms with Crippen molar-refractivity contribution in [2.75, 3.05) is 0 Å². The molecule has 0 unspecified atom stereocenters. The SMILES string of the molecule is CC.CC.N.OP(O)(O)=[Se].OP(O)(O)=[Se]. The molecular formula is C4H21NO6P2Se2. The van der Waals surface area contributed by atoms with E-state index >= 15 is 0 Å². The van der Waals surface area contributed by atoms with E-state index in [0.717, 1.165) is 0 Å². The molecule has 11 heteroatoms. The van der Waals surface area contributed by atoms with Gasteiger partial charge in [0.2, 0.25) is 0 Å². The molecule has 0 aliphatic rings. The zero-order chi connectivity index (χ0) is 13.0. The van der Waals surface area contributed by atoms with Gasteiger partial charge in [0.1, 0.15) is 0 Å². The van der Waals surface area contributed by atoms with Gasteiger partial charge in [0, 0.05) is 0 Å². The van der Waals surface area contributed by atoms with Gasteiger partial charge in [0.15, 0.2) is 0 Å². The predicted molar refractivity (Wildman–Crippen MR) is 66.4 cm³/mol. The summed E-state index contributed by atoms with van der Waals surface area (Å²) in [4.78, 5) is 46.1. The molecule has 0 aromatic carbocycles. The Morgan fingerprint density at radius 3 is 0.600 bits per heavy atom. The van der Waals surface area contributed by atoms with Crippen LogP contribution in [0.15, 0.2) is 0 Å². The molecule has 0 saturated heterocycles. The second-order valence-electron chi connectivity index (χ2n) is 1.03. The van der Waals surface area contributed by atoms with Gasteiger partial charge in [-0.05, 0) is 0 Å². The summed E-state index contributed by atoms with van der Waals surface area (Å²) < 4.78 is 0. The molecule has 0 amide bonds. The Bertz CT molecular complexity index is 143. The second kappa shape index (κ2) is 18.0. The van der Waals surface area contributed by atoms with Gasteiger partial charge in [-0.15, -0.1) is 0 Å². The van der Waals surface area contributed by atoms with Gasteiger partial charge < -0.3 is 6.15 Å². The molecule has 15 heavy (non-hydrogen) atoms. The van der Waals surface area contributed by atoms with Crippen LogP contribution in [0.25, 0.3) is 0 Å². The van der Waals surface area contributed by atoms with Crippen LogP contribution in [-0.2, 0) is 0 Å². The van der Waals surface area contributed by atoms with Crippen LogP contribution in [0.1, 0.15) is 27.7 Å². The van der Waals surface area contributed by atoms with Gasteiger partial charge in [-0.2, -0.15) is 0 Å². The van der Waals surface area contributed by atoms with E-state index in [2.05, 4.69) is 0 Å². The van der Waals surface area contributed by atoms with E-state index in [1.54, 1.807) is 30.2 Å². The molecule has 0 fully saturated rings. The Morgan fingerprint density at radius 1 is 0.600 bits per heavy atom. The first-order valence-electron chi connectivity index (χ1n) is 3.57. The summed E-state index contributed by atoms with van der Waals surface area (Å²) in [6.07, 6.45) is -7.03. The van der Waals surface area contributed by atoms with Gasteiger partial charge in [-0.3, -0.25) is 0 Å². The number of rotatable bonds is 0. The standard InChI is InChI=1S/2C2H6.H3N.2H3O3PSe/c2*1-2;;2*1-4(2,3)5/h2*1-2H3;1H3;2*(H3,1,2,3,5). The topological polar surface area (TPSA) is 156 Å². The van der Waals surface area contributed by atoms with E-state index in [-0.39, 0.29) is 6.15 Å². The predicted octanol–water partition coefficient (Wildman–Crippen LogP) is -0.167. The van der Waals surface area contributed by atoms with Crippen LogP contribution >= 0.6 is 12.4 Å². The Morgan fingerprint density at radius 2 is 0.600 bits per heavy atom. The fraction of sp³-hybridized carbons (Fsp3) is 1.00. The van der Waals surface area contributed by atoms with Gasteiger partial charge in [0.25, 0.3) is 0 Å². The molecular weight excluding hydrogens is 378 g/mol. The maximum atomic E-state index is 7.69. The summed E-state index contributed by atoms with van der Waals surface area (Å²) in [5, 5.41) is 0. The van der Waals surface area contributed by atoms with Crippen LogP contribution in [0.5, 0.6) is 0 Å². The average molecular weight is 399 g/mol. The molecule has 0 aromatic heterocycles. The minimum absolute atomic E-state index is 0. The minimum atomic E-state index is -3.51. The Labute approximate surface area is 106 Å². The summed E-state index contributed by atoms with van der Waals surface area (Å²) >= 11 is 3.51. The summed E-state index contributed by atoms with van der Waals surface area (Å²) in [6.45, 7) is 8.00. The van der Waals surface area contributed by atoms with E-state index < -0.39 is 12.4 Å². The van der Waals surface area contributed by atoms with E-state index in [9.17, 15) is 0 Å². The van der Waals surface area contributed by atoms with Gasteiger partial charge in [-0.1, -0.05) is 27.7 Å². The Kier molecular flexibility index (Phi) is 36.0. The number of hydrogen-bond donors (Lipinski definition) is 7. The van der Waals surface area contributed by atoms with Crippen molar-refractivity contribution in [3.05, 3.63) is 0 Å². The van der Waals surface area contributed by atoms with E-state index in [0.29, 0.717) is 0 Å². The molecule has 0 saturated carbocycles. The zero-order valence-corrected chi connectivity index (χ0v) is 14.3. The molecule has 0 aliphatic carbocycles. The summed E-state index contributed by atoms with van der Waals surface area (Å²) in [6, 6.07) is 0. The van der Waals surface area contributed by atoms with Crippen LogP contribution < -0.4 is 6.15 Å². The first-order valence-corrected chi connectivity index (χ1v) is 11.3. The second-order valence-corrected chi connectivity index (χ2v) is 9.25. The molecule has 100 valence electrons. The molecule has 0 aromatic rings. The van der Waals surface area contributed by atoms with Gasteiger partial charge in [0.05, 0.1) is 0 Å². The van der Waals surface area contributed by atoms with Crippen molar-refractivity contribution in [1.29, 1.82) is 0 Å². The quantitative estimate of drug-likeness (QED) is 0.220. The molecule has 0 atom stereocenters. The molecule has 0 radical (unpaired) electrons. The monoisotopic (exact) mass is 401 g/mol. The summed E-state index contributed by atoms with van der Waals surface area (Å²) in [5.41, 5.74) is 0. The van der Waals surface area contributed by atoms with Crippen molar-refractivity contribution in [1.82, 2.24) is 6.15 Å². The van der Waals surface area contributed by atoms with Crippen LogP contribution in [-0.4, -0.2) is 59.6 Å². The molecule has 0 spiro atoms. The third kappa shape index (κ3) is 1110. The van der Waals surface area contributed by atoms with E-state index in [1.165, 1.54) is 0 Å². The van der Waals surface area contributed by atoms with Crippen molar-refractivity contribution in [2.24, 2.45) is 0 Å². The Balaban J connectivity index is -0.0000000318. The molecule has 9 N–H and O–H groups in total. The summed E-state index contributed by atoms with van der Waals surface area (Å²) in [7, 11) is 0. The molecule has 0 bridgehead atoms. The van der Waals surface area contributed by atoms with Crippen LogP contribution in [0.4, 0.5) is 0 Å². The van der Waals surface area contributed by atoms with Crippen molar-refractivity contribution < 1.29 is 29.4 Å². The number of hydrogen-bond acceptors (Lipinski definition) is 7. The van der Waals surface area contributed by atoms with Crippen molar-refractivity contribution in [2.45, 2.75) is 27.7 Å². The van der Waals surface area contributed by atoms with Crippen LogP contribution in [0.2, 0.25) is 0 Å². The third-order valence-electron chi connectivity index (χ3n) is 0. The van der Waals surface area contributed by atoms with Gasteiger partial charge >= 0.3 is 71.9 Å². The van der Waals surface area contributed by atoms with E-state index in [1.807, 2.05) is 27.7 Å². The fourth-order valence-electron chi connectivity index (χ4n) is 0.